The fraction of sp³-hybridized carbons (Fsp3) is 0.526. The molecule has 1 aliphatic rings. The van der Waals surface area contributed by atoms with Gasteiger partial charge < -0.3 is 15.0 Å². The Morgan fingerprint density at radius 2 is 2.12 bits per heavy atom. The first-order valence-electron chi connectivity index (χ1n) is 8.89. The first kappa shape index (κ1) is 18.4. The fourth-order valence-electron chi connectivity index (χ4n) is 3.34. The largest absolute Gasteiger partial charge is 0.444 e. The van der Waals surface area contributed by atoms with Gasteiger partial charge in [0.2, 0.25) is 0 Å². The number of alkyl carbamates (subject to hydrolysis) is 1. The number of halogens is 1. The Bertz CT molecular complexity index is 806. The van der Waals surface area contributed by atoms with Gasteiger partial charge in [-0.2, -0.15) is 0 Å². The second-order valence-electron chi connectivity index (χ2n) is 7.77. The molecule has 1 aliphatic heterocycles. The lowest BCUT2D eigenvalue weighted by atomic mass is 9.98. The summed E-state index contributed by atoms with van der Waals surface area (Å²) in [6.45, 7) is 8.33. The van der Waals surface area contributed by atoms with E-state index in [-0.39, 0.29) is 17.9 Å². The minimum Gasteiger partial charge on any atom is -0.444 e. The number of nitrogens with one attached hydrogen (secondary N) is 1. The van der Waals surface area contributed by atoms with Gasteiger partial charge in [-0.1, -0.05) is 0 Å². The summed E-state index contributed by atoms with van der Waals surface area (Å²) in [5.74, 6) is 0.431. The lowest BCUT2D eigenvalue weighted by molar-refractivity contribution is 0.0494. The van der Waals surface area contributed by atoms with Crippen LogP contribution >= 0.6 is 0 Å². The Morgan fingerprint density at radius 3 is 2.81 bits per heavy atom. The van der Waals surface area contributed by atoms with Crippen LogP contribution in [-0.4, -0.2) is 40.3 Å². The molecule has 2 atom stereocenters. The van der Waals surface area contributed by atoms with Crippen molar-refractivity contribution in [2.45, 2.75) is 58.2 Å². The van der Waals surface area contributed by atoms with Crippen molar-refractivity contribution in [3.8, 4) is 0 Å². The molecule has 140 valence electrons. The third-order valence-electron chi connectivity index (χ3n) is 4.45. The minimum absolute atomic E-state index is 0.0425. The Balaban J connectivity index is 1.72. The lowest BCUT2D eigenvalue weighted by Gasteiger charge is -2.39. The van der Waals surface area contributed by atoms with Gasteiger partial charge >= 0.3 is 6.09 Å². The van der Waals surface area contributed by atoms with Crippen LogP contribution in [0.5, 0.6) is 0 Å². The Hall–Kier alpha value is -2.44. The van der Waals surface area contributed by atoms with Gasteiger partial charge in [0.1, 0.15) is 23.6 Å². The van der Waals surface area contributed by atoms with Crippen LogP contribution < -0.4 is 10.2 Å². The van der Waals surface area contributed by atoms with Crippen LogP contribution in [0.3, 0.4) is 0 Å². The van der Waals surface area contributed by atoms with Gasteiger partial charge in [-0.15, -0.1) is 0 Å². The maximum Gasteiger partial charge on any atom is 0.407 e. The van der Waals surface area contributed by atoms with E-state index in [2.05, 4.69) is 27.1 Å². The average Bonchev–Trinajstić information content (AvgIpc) is 2.53. The molecule has 26 heavy (non-hydrogen) atoms. The Morgan fingerprint density at radius 1 is 1.35 bits per heavy atom. The van der Waals surface area contributed by atoms with Crippen molar-refractivity contribution in [3.05, 3.63) is 30.3 Å². The number of fused-ring (bicyclic) bond motifs is 1. The second kappa shape index (κ2) is 7.05. The molecule has 7 heteroatoms. The smallest absolute Gasteiger partial charge is 0.407 e. The van der Waals surface area contributed by atoms with Crippen LogP contribution in [0.15, 0.2) is 24.5 Å². The fourth-order valence-corrected chi connectivity index (χ4v) is 3.34. The van der Waals surface area contributed by atoms with E-state index in [0.717, 1.165) is 24.2 Å². The number of ether oxygens (including phenoxy) is 1. The molecular formula is C19H25FN4O2. The molecule has 1 saturated heterocycles. The number of carbonyl (C=O) groups is 1. The van der Waals surface area contributed by atoms with Gasteiger partial charge in [-0.25, -0.2) is 19.2 Å². The van der Waals surface area contributed by atoms with E-state index >= 15 is 0 Å². The van der Waals surface area contributed by atoms with E-state index in [1.165, 1.54) is 18.5 Å². The molecule has 0 saturated carbocycles. The van der Waals surface area contributed by atoms with Crippen LogP contribution in [0.1, 0.15) is 40.5 Å². The molecular weight excluding hydrogens is 335 g/mol. The van der Waals surface area contributed by atoms with Crippen LogP contribution in [0.25, 0.3) is 10.9 Å². The maximum absolute atomic E-state index is 13.7. The summed E-state index contributed by atoms with van der Waals surface area (Å²) in [6.07, 6.45) is 2.65. The van der Waals surface area contributed by atoms with E-state index in [4.69, 9.17) is 4.74 Å². The molecule has 2 aromatic rings. The number of hydrogen-bond acceptors (Lipinski definition) is 5. The zero-order chi connectivity index (χ0) is 18.9. The summed E-state index contributed by atoms with van der Waals surface area (Å²) in [7, 11) is 0. The number of aromatic nitrogens is 2. The molecule has 1 aromatic heterocycles. The van der Waals surface area contributed by atoms with E-state index < -0.39 is 11.7 Å². The van der Waals surface area contributed by atoms with E-state index in [0.29, 0.717) is 11.9 Å². The summed E-state index contributed by atoms with van der Waals surface area (Å²) >= 11 is 0. The maximum atomic E-state index is 13.7. The van der Waals surface area contributed by atoms with E-state index in [9.17, 15) is 9.18 Å². The van der Waals surface area contributed by atoms with Crippen molar-refractivity contribution in [3.63, 3.8) is 0 Å². The van der Waals surface area contributed by atoms with Gasteiger partial charge in [0.05, 0.1) is 5.52 Å². The molecule has 1 aromatic carbocycles. The van der Waals surface area contributed by atoms with Crippen molar-refractivity contribution >= 4 is 22.8 Å². The van der Waals surface area contributed by atoms with Crippen molar-refractivity contribution in [2.24, 2.45) is 0 Å². The molecule has 6 nitrogen and oxygen atoms in total. The number of anilines is 1. The number of nitrogens with zero attached hydrogens (tertiary/aromatic N) is 3. The molecule has 1 fully saturated rings. The highest BCUT2D eigenvalue weighted by Gasteiger charge is 2.29. The van der Waals surface area contributed by atoms with Gasteiger partial charge in [-0.3, -0.25) is 0 Å². The lowest BCUT2D eigenvalue weighted by Crippen LogP contribution is -2.50. The van der Waals surface area contributed by atoms with Crippen LogP contribution in [0, 0.1) is 5.82 Å². The van der Waals surface area contributed by atoms with Crippen molar-refractivity contribution in [2.75, 3.05) is 11.4 Å². The number of carbonyl (C=O) groups excluding carboxylic acids is 1. The number of hydrogen-bond donors (Lipinski definition) is 1. The van der Waals surface area contributed by atoms with Crippen molar-refractivity contribution < 1.29 is 13.9 Å². The summed E-state index contributed by atoms with van der Waals surface area (Å²) < 4.78 is 19.0. The molecule has 1 N–H and O–H groups in total. The number of amides is 1. The highest BCUT2D eigenvalue weighted by Crippen LogP contribution is 2.29. The van der Waals surface area contributed by atoms with Crippen molar-refractivity contribution in [1.29, 1.82) is 0 Å². The zero-order valence-electron chi connectivity index (χ0n) is 15.6. The first-order chi connectivity index (χ1) is 12.2. The molecule has 0 spiro atoms. The van der Waals surface area contributed by atoms with E-state index in [1.807, 2.05) is 20.8 Å². The predicted octanol–water partition coefficient (Wildman–Crippen LogP) is 3.65. The summed E-state index contributed by atoms with van der Waals surface area (Å²) in [6, 6.07) is 4.73. The average molecular weight is 360 g/mol. The van der Waals surface area contributed by atoms with Gasteiger partial charge in [0.15, 0.2) is 0 Å². The van der Waals surface area contributed by atoms with Gasteiger partial charge in [-0.05, 0) is 58.7 Å². The second-order valence-corrected chi connectivity index (χ2v) is 7.77. The van der Waals surface area contributed by atoms with Crippen LogP contribution in [-0.2, 0) is 4.74 Å². The Kier molecular flexibility index (Phi) is 4.98. The standard InChI is InChI=1S/C19H25FN4O2/c1-12-9-14(23-18(25)26-19(2,3)4)7-8-24(12)17-15-10-13(20)5-6-16(15)21-11-22-17/h5-6,10-12,14H,7-9H2,1-4H3,(H,23,25). The normalized spacial score (nSPS) is 20.9. The van der Waals surface area contributed by atoms with Gasteiger partial charge in [0, 0.05) is 24.0 Å². The molecule has 0 radical (unpaired) electrons. The van der Waals surface area contributed by atoms with Crippen LogP contribution in [0.2, 0.25) is 0 Å². The van der Waals surface area contributed by atoms with Crippen LogP contribution in [0.4, 0.5) is 15.0 Å². The molecule has 0 bridgehead atoms. The molecule has 2 unspecified atom stereocenters. The minimum atomic E-state index is -0.514. The third-order valence-corrected chi connectivity index (χ3v) is 4.45. The van der Waals surface area contributed by atoms with E-state index in [1.54, 1.807) is 6.07 Å². The molecule has 2 heterocycles. The highest BCUT2D eigenvalue weighted by atomic mass is 19.1. The number of benzene rings is 1. The summed E-state index contributed by atoms with van der Waals surface area (Å²) in [5, 5.41) is 3.65. The topological polar surface area (TPSA) is 67.3 Å². The Labute approximate surface area is 152 Å². The number of piperidine rings is 1. The molecule has 3 rings (SSSR count). The highest BCUT2D eigenvalue weighted by molar-refractivity contribution is 5.89. The summed E-state index contributed by atoms with van der Waals surface area (Å²) in [5.41, 5.74) is 0.206. The van der Waals surface area contributed by atoms with Crippen molar-refractivity contribution in [1.82, 2.24) is 15.3 Å². The summed E-state index contributed by atoms with van der Waals surface area (Å²) in [4.78, 5) is 22.7. The number of rotatable bonds is 2. The molecule has 1 amide bonds. The molecule has 0 aliphatic carbocycles. The zero-order valence-corrected chi connectivity index (χ0v) is 15.6. The SMILES string of the molecule is CC1CC(NC(=O)OC(C)(C)C)CCN1c1ncnc2ccc(F)cc12. The third kappa shape index (κ3) is 4.20. The monoisotopic (exact) mass is 360 g/mol. The quantitative estimate of drug-likeness (QED) is 0.885. The van der Waals surface area contributed by atoms with Gasteiger partial charge in [0.25, 0.3) is 0 Å². The predicted molar refractivity (Wildman–Crippen MR) is 98.7 cm³/mol. The first-order valence-corrected chi connectivity index (χ1v) is 8.89.